The van der Waals surface area contributed by atoms with Gasteiger partial charge < -0.3 is 4.52 Å². The van der Waals surface area contributed by atoms with Gasteiger partial charge in [-0.05, 0) is 24.7 Å². The Hall–Kier alpha value is 0.0900. The summed E-state index contributed by atoms with van der Waals surface area (Å²) in [5.74, 6) is 0. The lowest BCUT2D eigenvalue weighted by Gasteiger charge is -2.11. The average molecular weight is 275 g/mol. The molecule has 0 saturated heterocycles. The number of alkyl halides is 1. The maximum atomic E-state index is 5.57. The van der Waals surface area contributed by atoms with Crippen LogP contribution in [-0.4, -0.2) is 13.3 Å². The highest BCUT2D eigenvalue weighted by Crippen LogP contribution is 2.36. The van der Waals surface area contributed by atoms with Gasteiger partial charge in [-0.2, -0.15) is 0 Å². The third-order valence-electron chi connectivity index (χ3n) is 1.90. The predicted molar refractivity (Wildman–Crippen MR) is 67.2 cm³/mol. The van der Waals surface area contributed by atoms with Crippen LogP contribution in [0.15, 0.2) is 24.3 Å². The Kier molecular flexibility index (Phi) is 5.69. The fourth-order valence-electron chi connectivity index (χ4n) is 1.33. The average Bonchev–Trinajstić information content (AvgIpc) is 2.18. The van der Waals surface area contributed by atoms with Crippen LogP contribution in [0.5, 0.6) is 0 Å². The molecule has 3 heteroatoms. The van der Waals surface area contributed by atoms with Crippen LogP contribution in [0.2, 0.25) is 0 Å². The predicted octanol–water partition coefficient (Wildman–Crippen LogP) is 4.14. The van der Waals surface area contributed by atoms with Crippen LogP contribution in [0, 0.1) is 0 Å². The summed E-state index contributed by atoms with van der Waals surface area (Å²) in [6.45, 7) is 5.05. The molecule has 0 aliphatic rings. The van der Waals surface area contributed by atoms with Crippen LogP contribution in [0.4, 0.5) is 0 Å². The highest BCUT2D eigenvalue weighted by Gasteiger charge is 2.02. The first-order valence-corrected chi connectivity index (χ1v) is 7.75. The van der Waals surface area contributed by atoms with Crippen molar-refractivity contribution >= 4 is 24.1 Å². The molecule has 0 aliphatic heterocycles. The highest BCUT2D eigenvalue weighted by atomic mass is 79.9. The molecule has 1 atom stereocenters. The standard InChI is InChI=1S/C11H16BrOP/c1-3-13-14(2)9-11-6-4-5-10(7-11)8-12/h4-7H,3,8-9H2,1-2H3/t14-/m1/s1. The summed E-state index contributed by atoms with van der Waals surface area (Å²) in [5.41, 5.74) is 2.71. The van der Waals surface area contributed by atoms with E-state index in [9.17, 15) is 0 Å². The van der Waals surface area contributed by atoms with E-state index in [0.717, 1.165) is 18.1 Å². The van der Waals surface area contributed by atoms with E-state index in [1.807, 2.05) is 6.92 Å². The topological polar surface area (TPSA) is 9.23 Å². The maximum absolute atomic E-state index is 5.57. The van der Waals surface area contributed by atoms with Crippen molar-refractivity contribution in [2.45, 2.75) is 18.4 Å². The minimum atomic E-state index is -0.290. The minimum absolute atomic E-state index is 0.290. The van der Waals surface area contributed by atoms with E-state index in [1.165, 1.54) is 11.1 Å². The smallest absolute Gasteiger partial charge is 0.0480 e. The molecule has 78 valence electrons. The van der Waals surface area contributed by atoms with Gasteiger partial charge >= 0.3 is 0 Å². The summed E-state index contributed by atoms with van der Waals surface area (Å²) in [6.07, 6.45) is 1.06. The third-order valence-corrected chi connectivity index (χ3v) is 4.06. The molecular formula is C11H16BrOP. The summed E-state index contributed by atoms with van der Waals surface area (Å²) in [7, 11) is -0.290. The quantitative estimate of drug-likeness (QED) is 0.579. The lowest BCUT2D eigenvalue weighted by molar-refractivity contribution is 0.380. The number of rotatable bonds is 5. The molecule has 14 heavy (non-hydrogen) atoms. The lowest BCUT2D eigenvalue weighted by Crippen LogP contribution is -1.89. The molecule has 1 aromatic rings. The van der Waals surface area contributed by atoms with Crippen LogP contribution in [0.1, 0.15) is 18.1 Å². The van der Waals surface area contributed by atoms with Crippen molar-refractivity contribution in [1.29, 1.82) is 0 Å². The van der Waals surface area contributed by atoms with E-state index >= 15 is 0 Å². The second kappa shape index (κ2) is 6.55. The Morgan fingerprint density at radius 3 is 2.71 bits per heavy atom. The summed E-state index contributed by atoms with van der Waals surface area (Å²) in [4.78, 5) is 0. The van der Waals surface area contributed by atoms with Crippen molar-refractivity contribution in [1.82, 2.24) is 0 Å². The summed E-state index contributed by atoms with van der Waals surface area (Å²) < 4.78 is 5.57. The number of hydrogen-bond acceptors (Lipinski definition) is 1. The van der Waals surface area contributed by atoms with Crippen molar-refractivity contribution in [3.8, 4) is 0 Å². The molecule has 0 aliphatic carbocycles. The summed E-state index contributed by atoms with van der Waals surface area (Å²) in [6, 6.07) is 8.66. The van der Waals surface area contributed by atoms with E-state index in [-0.39, 0.29) is 8.15 Å². The lowest BCUT2D eigenvalue weighted by atomic mass is 10.2. The van der Waals surface area contributed by atoms with Gasteiger partial charge in [-0.15, -0.1) is 0 Å². The number of hydrogen-bond donors (Lipinski definition) is 0. The summed E-state index contributed by atoms with van der Waals surface area (Å²) in [5, 5.41) is 0.928. The van der Waals surface area contributed by atoms with Gasteiger partial charge in [-0.25, -0.2) is 0 Å². The largest absolute Gasteiger partial charge is 0.359 e. The van der Waals surface area contributed by atoms with E-state index in [4.69, 9.17) is 4.52 Å². The van der Waals surface area contributed by atoms with Gasteiger partial charge in [0.1, 0.15) is 0 Å². The normalized spacial score (nSPS) is 12.8. The van der Waals surface area contributed by atoms with Crippen LogP contribution < -0.4 is 0 Å². The van der Waals surface area contributed by atoms with Crippen LogP contribution in [0.25, 0.3) is 0 Å². The van der Waals surface area contributed by atoms with Gasteiger partial charge in [-0.3, -0.25) is 0 Å². The fourth-order valence-corrected chi connectivity index (χ4v) is 2.93. The molecule has 0 fully saturated rings. The molecule has 0 radical (unpaired) electrons. The Labute approximate surface area is 95.8 Å². The third kappa shape index (κ3) is 4.08. The van der Waals surface area contributed by atoms with Gasteiger partial charge in [0.05, 0.1) is 0 Å². The zero-order valence-electron chi connectivity index (χ0n) is 8.66. The van der Waals surface area contributed by atoms with Crippen LogP contribution in [-0.2, 0) is 16.0 Å². The van der Waals surface area contributed by atoms with E-state index in [2.05, 4.69) is 46.9 Å². The zero-order chi connectivity index (χ0) is 10.4. The molecule has 0 spiro atoms. The molecule has 1 aromatic carbocycles. The van der Waals surface area contributed by atoms with Gasteiger partial charge in [0.25, 0.3) is 0 Å². The monoisotopic (exact) mass is 274 g/mol. The Bertz CT molecular complexity index is 278. The molecule has 0 bridgehead atoms. The molecule has 1 nitrogen and oxygen atoms in total. The maximum Gasteiger partial charge on any atom is 0.0480 e. The van der Waals surface area contributed by atoms with E-state index in [1.54, 1.807) is 0 Å². The first-order valence-electron chi connectivity index (χ1n) is 4.74. The zero-order valence-corrected chi connectivity index (χ0v) is 11.1. The van der Waals surface area contributed by atoms with Crippen LogP contribution >= 0.6 is 24.1 Å². The van der Waals surface area contributed by atoms with Crippen molar-refractivity contribution in [3.63, 3.8) is 0 Å². The second-order valence-electron chi connectivity index (χ2n) is 3.16. The first-order chi connectivity index (χ1) is 6.76. The molecule has 0 heterocycles. The van der Waals surface area contributed by atoms with E-state index < -0.39 is 0 Å². The molecule has 0 aromatic heterocycles. The Morgan fingerprint density at radius 1 is 1.36 bits per heavy atom. The second-order valence-corrected chi connectivity index (χ2v) is 5.55. The molecule has 0 amide bonds. The molecule has 0 saturated carbocycles. The Morgan fingerprint density at radius 2 is 2.07 bits per heavy atom. The molecule has 0 N–H and O–H groups in total. The first kappa shape index (κ1) is 12.2. The highest BCUT2D eigenvalue weighted by molar-refractivity contribution is 9.08. The van der Waals surface area contributed by atoms with Crippen molar-refractivity contribution in [3.05, 3.63) is 35.4 Å². The minimum Gasteiger partial charge on any atom is -0.359 e. The fraction of sp³-hybridized carbons (Fsp3) is 0.455. The summed E-state index contributed by atoms with van der Waals surface area (Å²) >= 11 is 3.46. The van der Waals surface area contributed by atoms with Gasteiger partial charge in [0.15, 0.2) is 0 Å². The van der Waals surface area contributed by atoms with Crippen molar-refractivity contribution in [2.24, 2.45) is 0 Å². The number of benzene rings is 1. The van der Waals surface area contributed by atoms with Crippen molar-refractivity contribution < 1.29 is 4.52 Å². The van der Waals surface area contributed by atoms with Gasteiger partial charge in [0.2, 0.25) is 0 Å². The van der Waals surface area contributed by atoms with Gasteiger partial charge in [-0.1, -0.05) is 40.2 Å². The number of halogens is 1. The molecule has 1 rings (SSSR count). The van der Waals surface area contributed by atoms with E-state index in [0.29, 0.717) is 0 Å². The van der Waals surface area contributed by atoms with Gasteiger partial charge in [0, 0.05) is 26.2 Å². The SMILES string of the molecule is CCO[P@](C)Cc1cccc(CBr)c1. The van der Waals surface area contributed by atoms with Crippen molar-refractivity contribution in [2.75, 3.05) is 13.3 Å². The molecular weight excluding hydrogens is 259 g/mol. The molecule has 0 unspecified atom stereocenters. The Balaban J connectivity index is 2.57. The van der Waals surface area contributed by atoms with Crippen LogP contribution in [0.3, 0.4) is 0 Å².